The number of anilines is 1. The van der Waals surface area contributed by atoms with Crippen molar-refractivity contribution in [2.45, 2.75) is 13.8 Å². The van der Waals surface area contributed by atoms with Crippen LogP contribution in [-0.4, -0.2) is 24.0 Å². The van der Waals surface area contributed by atoms with E-state index >= 15 is 0 Å². The second-order valence-corrected chi connectivity index (χ2v) is 4.96. The Morgan fingerprint density at radius 3 is 2.20 bits per heavy atom. The van der Waals surface area contributed by atoms with Crippen LogP contribution in [0.25, 0.3) is 11.3 Å². The number of aryl methyl sites for hydroxylation is 1. The minimum atomic E-state index is 0.550. The van der Waals surface area contributed by atoms with E-state index in [0.717, 1.165) is 22.4 Å². The smallest absolute Gasteiger partial charge is 0.141 e. The number of hydrogen-bond donors (Lipinski definition) is 1. The maximum absolute atomic E-state index is 6.32. The summed E-state index contributed by atoms with van der Waals surface area (Å²) in [4.78, 5) is 0. The van der Waals surface area contributed by atoms with Gasteiger partial charge in [0.15, 0.2) is 0 Å². The fourth-order valence-corrected chi connectivity index (χ4v) is 2.62. The average molecular weight is 296 g/mol. The Hall–Kier alpha value is -1.88. The number of hydrogen-bond acceptors (Lipinski definition) is 4. The molecule has 1 heterocycles. The molecule has 0 spiro atoms. The van der Waals surface area contributed by atoms with E-state index in [1.54, 1.807) is 32.0 Å². The van der Waals surface area contributed by atoms with Crippen molar-refractivity contribution in [3.8, 4) is 22.8 Å². The van der Waals surface area contributed by atoms with Crippen LogP contribution in [0, 0.1) is 13.8 Å². The van der Waals surface area contributed by atoms with Gasteiger partial charge in [-0.2, -0.15) is 5.10 Å². The lowest BCUT2D eigenvalue weighted by Crippen LogP contribution is -2.00. The zero-order valence-corrected chi connectivity index (χ0v) is 13.0. The second-order valence-electron chi connectivity index (χ2n) is 4.58. The van der Waals surface area contributed by atoms with Crippen LogP contribution in [-0.2, 0) is 7.05 Å². The van der Waals surface area contributed by atoms with Crippen LogP contribution in [0.5, 0.6) is 11.5 Å². The van der Waals surface area contributed by atoms with E-state index in [0.29, 0.717) is 22.3 Å². The number of nitrogens with two attached hydrogens (primary N) is 1. The third kappa shape index (κ3) is 2.08. The molecule has 0 saturated heterocycles. The maximum atomic E-state index is 6.32. The van der Waals surface area contributed by atoms with Gasteiger partial charge in [0.05, 0.1) is 30.5 Å². The lowest BCUT2D eigenvalue weighted by Gasteiger charge is -2.18. The van der Waals surface area contributed by atoms with E-state index < -0.39 is 0 Å². The van der Waals surface area contributed by atoms with E-state index in [4.69, 9.17) is 26.8 Å². The first kappa shape index (κ1) is 14.5. The molecule has 1 aromatic heterocycles. The number of methoxy groups -OCH3 is 2. The Morgan fingerprint density at radius 2 is 1.75 bits per heavy atom. The normalized spacial score (nSPS) is 10.7. The van der Waals surface area contributed by atoms with Crippen LogP contribution in [0.15, 0.2) is 6.07 Å². The summed E-state index contributed by atoms with van der Waals surface area (Å²) in [5.41, 5.74) is 9.13. The van der Waals surface area contributed by atoms with Crippen molar-refractivity contribution in [2.24, 2.45) is 7.05 Å². The summed E-state index contributed by atoms with van der Waals surface area (Å²) in [5.74, 6) is 1.89. The summed E-state index contributed by atoms with van der Waals surface area (Å²) >= 11 is 6.32. The first-order chi connectivity index (χ1) is 9.42. The number of nitrogen functional groups attached to an aromatic ring is 1. The van der Waals surface area contributed by atoms with Gasteiger partial charge < -0.3 is 15.2 Å². The summed E-state index contributed by atoms with van der Waals surface area (Å²) in [6, 6.07) is 1.80. The number of rotatable bonds is 3. The molecule has 2 aromatic rings. The highest BCUT2D eigenvalue weighted by atomic mass is 35.5. The standard InChI is InChI=1S/C14H18ClN3O2/c1-7-11(9-6-10(16)18(3)17-9)13(19-4)8(2)12(15)14(7)20-5/h6H,16H2,1-5H3. The number of aromatic nitrogens is 2. The third-order valence-electron chi connectivity index (χ3n) is 3.39. The minimum absolute atomic E-state index is 0.550. The van der Waals surface area contributed by atoms with E-state index in [2.05, 4.69) is 5.10 Å². The Labute approximate surface area is 123 Å². The van der Waals surface area contributed by atoms with Gasteiger partial charge >= 0.3 is 0 Å². The molecule has 0 atom stereocenters. The predicted octanol–water partition coefficient (Wildman–Crippen LogP) is 2.96. The molecule has 2 rings (SSSR count). The molecule has 20 heavy (non-hydrogen) atoms. The summed E-state index contributed by atoms with van der Waals surface area (Å²) in [7, 11) is 5.00. The van der Waals surface area contributed by atoms with E-state index in [9.17, 15) is 0 Å². The molecule has 0 radical (unpaired) electrons. The van der Waals surface area contributed by atoms with Gasteiger partial charge in [0.1, 0.15) is 17.3 Å². The molecule has 0 amide bonds. The monoisotopic (exact) mass is 295 g/mol. The molecule has 0 saturated carbocycles. The molecule has 1 aromatic carbocycles. The highest BCUT2D eigenvalue weighted by Gasteiger charge is 2.23. The summed E-state index contributed by atoms with van der Waals surface area (Å²) in [5, 5.41) is 4.96. The molecule has 0 unspecified atom stereocenters. The second kappa shape index (κ2) is 5.25. The van der Waals surface area contributed by atoms with Gasteiger partial charge in [0, 0.05) is 24.2 Å². The van der Waals surface area contributed by atoms with E-state index in [-0.39, 0.29) is 0 Å². The predicted molar refractivity (Wildman–Crippen MR) is 80.6 cm³/mol. The Balaban J connectivity index is 2.83. The molecular formula is C14H18ClN3O2. The van der Waals surface area contributed by atoms with E-state index in [1.165, 1.54) is 0 Å². The fourth-order valence-electron chi connectivity index (χ4n) is 2.32. The van der Waals surface area contributed by atoms with Crippen LogP contribution in [0.2, 0.25) is 5.02 Å². The highest BCUT2D eigenvalue weighted by molar-refractivity contribution is 6.33. The van der Waals surface area contributed by atoms with Crippen LogP contribution >= 0.6 is 11.6 Å². The number of nitrogens with zero attached hydrogens (tertiary/aromatic N) is 2. The van der Waals surface area contributed by atoms with Crippen LogP contribution in [0.3, 0.4) is 0 Å². The van der Waals surface area contributed by atoms with Gasteiger partial charge in [-0.05, 0) is 13.8 Å². The van der Waals surface area contributed by atoms with Crippen LogP contribution < -0.4 is 15.2 Å². The van der Waals surface area contributed by atoms with Crippen molar-refractivity contribution in [2.75, 3.05) is 20.0 Å². The minimum Gasteiger partial charge on any atom is -0.496 e. The molecule has 0 bridgehead atoms. The number of halogens is 1. The topological polar surface area (TPSA) is 62.3 Å². The molecule has 5 nitrogen and oxygen atoms in total. The molecule has 0 aliphatic carbocycles. The van der Waals surface area contributed by atoms with Gasteiger partial charge in [-0.15, -0.1) is 0 Å². The van der Waals surface area contributed by atoms with Crippen molar-refractivity contribution in [1.82, 2.24) is 9.78 Å². The third-order valence-corrected chi connectivity index (χ3v) is 3.85. The highest BCUT2D eigenvalue weighted by Crippen LogP contribution is 2.45. The van der Waals surface area contributed by atoms with Crippen molar-refractivity contribution < 1.29 is 9.47 Å². The summed E-state index contributed by atoms with van der Waals surface area (Å²) < 4.78 is 12.5. The van der Waals surface area contributed by atoms with Crippen molar-refractivity contribution in [3.63, 3.8) is 0 Å². The Bertz CT molecular complexity index is 646. The molecule has 0 aliphatic rings. The van der Waals surface area contributed by atoms with Gasteiger partial charge in [-0.25, -0.2) is 0 Å². The molecule has 2 N–H and O–H groups in total. The molecular weight excluding hydrogens is 278 g/mol. The SMILES string of the molecule is COc1c(C)c(-c2cc(N)n(C)n2)c(OC)c(C)c1Cl. The zero-order chi connectivity index (χ0) is 15.0. The maximum Gasteiger partial charge on any atom is 0.141 e. The summed E-state index contributed by atoms with van der Waals surface area (Å²) in [6.45, 7) is 3.81. The Morgan fingerprint density at radius 1 is 1.15 bits per heavy atom. The number of benzene rings is 1. The average Bonchev–Trinajstić information content (AvgIpc) is 2.73. The molecule has 6 heteroatoms. The van der Waals surface area contributed by atoms with Crippen molar-refractivity contribution in [1.29, 1.82) is 0 Å². The van der Waals surface area contributed by atoms with Crippen molar-refractivity contribution >= 4 is 17.4 Å². The zero-order valence-electron chi connectivity index (χ0n) is 12.2. The lowest BCUT2D eigenvalue weighted by atomic mass is 9.99. The summed E-state index contributed by atoms with van der Waals surface area (Å²) in [6.07, 6.45) is 0. The molecule has 0 fully saturated rings. The largest absolute Gasteiger partial charge is 0.496 e. The first-order valence-electron chi connectivity index (χ1n) is 6.12. The number of ether oxygens (including phenoxy) is 2. The van der Waals surface area contributed by atoms with Gasteiger partial charge in [0.2, 0.25) is 0 Å². The van der Waals surface area contributed by atoms with Gasteiger partial charge in [-0.3, -0.25) is 4.68 Å². The quantitative estimate of drug-likeness (QED) is 0.945. The van der Waals surface area contributed by atoms with Crippen LogP contribution in [0.4, 0.5) is 5.82 Å². The van der Waals surface area contributed by atoms with Crippen LogP contribution in [0.1, 0.15) is 11.1 Å². The molecule has 0 aliphatic heterocycles. The first-order valence-corrected chi connectivity index (χ1v) is 6.50. The van der Waals surface area contributed by atoms with Gasteiger partial charge in [0.25, 0.3) is 0 Å². The lowest BCUT2D eigenvalue weighted by molar-refractivity contribution is 0.399. The fraction of sp³-hybridized carbons (Fsp3) is 0.357. The molecule has 108 valence electrons. The van der Waals surface area contributed by atoms with Crippen molar-refractivity contribution in [3.05, 3.63) is 22.2 Å². The Kier molecular flexibility index (Phi) is 3.81. The van der Waals surface area contributed by atoms with Gasteiger partial charge in [-0.1, -0.05) is 11.6 Å². The van der Waals surface area contributed by atoms with E-state index in [1.807, 2.05) is 13.8 Å².